The second-order valence-electron chi connectivity index (χ2n) is 4.47. The molecule has 0 radical (unpaired) electrons. The molecule has 2 rings (SSSR count). The lowest BCUT2D eigenvalue weighted by Crippen LogP contribution is -2.23. The van der Waals surface area contributed by atoms with Crippen molar-refractivity contribution in [3.05, 3.63) is 57.8 Å². The fraction of sp³-hybridized carbons (Fsp3) is 0.333. The minimum Gasteiger partial charge on any atom is -0.309 e. The predicted molar refractivity (Wildman–Crippen MR) is 75.4 cm³/mol. The summed E-state index contributed by atoms with van der Waals surface area (Å²) in [5.74, 6) is -1.57. The fourth-order valence-corrected chi connectivity index (χ4v) is 2.79. The molecule has 1 N–H and O–H groups in total. The smallest absolute Gasteiger partial charge is 0.159 e. The van der Waals surface area contributed by atoms with E-state index in [1.165, 1.54) is 17.0 Å². The van der Waals surface area contributed by atoms with Gasteiger partial charge in [-0.05, 0) is 48.5 Å². The van der Waals surface area contributed by atoms with Gasteiger partial charge in [0.2, 0.25) is 0 Å². The van der Waals surface area contributed by atoms with E-state index in [1.54, 1.807) is 17.4 Å². The number of halogens is 2. The minimum absolute atomic E-state index is 0.157. The summed E-state index contributed by atoms with van der Waals surface area (Å²) in [5.41, 5.74) is 0.806. The Labute approximate surface area is 116 Å². The summed E-state index contributed by atoms with van der Waals surface area (Å²) in [4.78, 5) is 1.22. The molecule has 0 aliphatic heterocycles. The molecule has 1 heterocycles. The van der Waals surface area contributed by atoms with Gasteiger partial charge in [-0.1, -0.05) is 19.1 Å². The Bertz CT molecular complexity index is 511. The van der Waals surface area contributed by atoms with Gasteiger partial charge in [0.05, 0.1) is 0 Å². The van der Waals surface area contributed by atoms with Crippen molar-refractivity contribution in [1.29, 1.82) is 0 Å². The molecule has 0 aliphatic carbocycles. The van der Waals surface area contributed by atoms with Crippen LogP contribution in [0.2, 0.25) is 0 Å². The van der Waals surface area contributed by atoms with Crippen LogP contribution in [0.1, 0.15) is 29.8 Å². The molecule has 0 spiro atoms. The Morgan fingerprint density at radius 1 is 1.21 bits per heavy atom. The highest BCUT2D eigenvalue weighted by Gasteiger charge is 2.13. The van der Waals surface area contributed by atoms with Crippen molar-refractivity contribution >= 4 is 11.3 Å². The van der Waals surface area contributed by atoms with E-state index in [2.05, 4.69) is 18.3 Å². The maximum absolute atomic E-state index is 13.2. The van der Waals surface area contributed by atoms with Crippen LogP contribution in [-0.2, 0) is 6.42 Å². The Hall–Kier alpha value is -1.26. The van der Waals surface area contributed by atoms with Gasteiger partial charge >= 0.3 is 0 Å². The first-order valence-electron chi connectivity index (χ1n) is 6.41. The quantitative estimate of drug-likeness (QED) is 0.832. The van der Waals surface area contributed by atoms with Crippen LogP contribution < -0.4 is 5.32 Å². The van der Waals surface area contributed by atoms with E-state index < -0.39 is 11.6 Å². The molecule has 0 saturated heterocycles. The molecule has 1 aromatic heterocycles. The van der Waals surface area contributed by atoms with Crippen LogP contribution >= 0.6 is 11.3 Å². The first kappa shape index (κ1) is 14.2. The van der Waals surface area contributed by atoms with Crippen LogP contribution in [0.4, 0.5) is 8.78 Å². The van der Waals surface area contributed by atoms with E-state index in [-0.39, 0.29) is 6.04 Å². The van der Waals surface area contributed by atoms with Gasteiger partial charge in [-0.25, -0.2) is 8.78 Å². The van der Waals surface area contributed by atoms with Crippen molar-refractivity contribution in [2.45, 2.75) is 25.8 Å². The molecule has 1 nitrogen and oxygen atoms in total. The predicted octanol–water partition coefficient (Wildman–Crippen LogP) is 4.31. The van der Waals surface area contributed by atoms with E-state index in [4.69, 9.17) is 0 Å². The van der Waals surface area contributed by atoms with Crippen molar-refractivity contribution in [3.63, 3.8) is 0 Å². The molecule has 2 aromatic rings. The molecule has 1 atom stereocenters. The highest BCUT2D eigenvalue weighted by molar-refractivity contribution is 7.10. The third-order valence-corrected chi connectivity index (χ3v) is 3.94. The zero-order chi connectivity index (χ0) is 13.7. The van der Waals surface area contributed by atoms with Crippen molar-refractivity contribution < 1.29 is 8.78 Å². The van der Waals surface area contributed by atoms with E-state index >= 15 is 0 Å². The summed E-state index contributed by atoms with van der Waals surface area (Å²) in [6.45, 7) is 3.02. The van der Waals surface area contributed by atoms with Crippen LogP contribution in [0.3, 0.4) is 0 Å². The van der Waals surface area contributed by atoms with Crippen LogP contribution in [0.15, 0.2) is 35.7 Å². The lowest BCUT2D eigenvalue weighted by molar-refractivity contribution is 0.501. The molecule has 19 heavy (non-hydrogen) atoms. The number of thiophene rings is 1. The molecule has 4 heteroatoms. The Morgan fingerprint density at radius 3 is 2.68 bits per heavy atom. The third kappa shape index (κ3) is 3.85. The summed E-state index contributed by atoms with van der Waals surface area (Å²) in [6.07, 6.45) is 1.71. The van der Waals surface area contributed by atoms with Crippen LogP contribution in [0.25, 0.3) is 0 Å². The summed E-state index contributed by atoms with van der Waals surface area (Å²) >= 11 is 1.68. The maximum Gasteiger partial charge on any atom is 0.159 e. The average Bonchev–Trinajstić information content (AvgIpc) is 2.92. The Balaban J connectivity index is 2.13. The highest BCUT2D eigenvalue weighted by atomic mass is 32.1. The van der Waals surface area contributed by atoms with Crippen LogP contribution in [0, 0.1) is 11.6 Å². The average molecular weight is 281 g/mol. The van der Waals surface area contributed by atoms with E-state index in [1.807, 2.05) is 11.4 Å². The van der Waals surface area contributed by atoms with Gasteiger partial charge in [0.15, 0.2) is 11.6 Å². The molecule has 102 valence electrons. The van der Waals surface area contributed by atoms with Gasteiger partial charge in [0.1, 0.15) is 0 Å². The number of benzene rings is 1. The Morgan fingerprint density at radius 2 is 2.05 bits per heavy atom. The lowest BCUT2D eigenvalue weighted by atomic mass is 10.0. The number of hydrogen-bond acceptors (Lipinski definition) is 2. The van der Waals surface area contributed by atoms with Gasteiger partial charge in [-0.2, -0.15) is 0 Å². The second-order valence-corrected chi connectivity index (χ2v) is 5.45. The van der Waals surface area contributed by atoms with Crippen molar-refractivity contribution in [3.8, 4) is 0 Å². The summed E-state index contributed by atoms with van der Waals surface area (Å²) in [7, 11) is 0. The molecule has 0 bridgehead atoms. The number of hydrogen-bond donors (Lipinski definition) is 1. The van der Waals surface area contributed by atoms with Crippen molar-refractivity contribution in [2.75, 3.05) is 6.54 Å². The van der Waals surface area contributed by atoms with Gasteiger partial charge in [0.25, 0.3) is 0 Å². The van der Waals surface area contributed by atoms with Crippen molar-refractivity contribution in [2.24, 2.45) is 0 Å². The molecular formula is C15H17F2NS. The van der Waals surface area contributed by atoms with E-state index in [0.29, 0.717) is 6.42 Å². The lowest BCUT2D eigenvalue weighted by Gasteiger charge is -2.17. The molecule has 0 fully saturated rings. The van der Waals surface area contributed by atoms with Crippen LogP contribution in [0.5, 0.6) is 0 Å². The molecular weight excluding hydrogens is 264 g/mol. The van der Waals surface area contributed by atoms with E-state index in [9.17, 15) is 8.78 Å². The summed E-state index contributed by atoms with van der Waals surface area (Å²) < 4.78 is 26.2. The first-order valence-corrected chi connectivity index (χ1v) is 7.29. The number of rotatable bonds is 6. The van der Waals surface area contributed by atoms with Crippen molar-refractivity contribution in [1.82, 2.24) is 5.32 Å². The first-order chi connectivity index (χ1) is 9.20. The standard InChI is InChI=1S/C15H17F2NS/c1-2-7-18-14(15-4-3-8-19-15)10-11-5-6-12(16)13(17)9-11/h3-6,8-9,14,18H,2,7,10H2,1H3. The van der Waals surface area contributed by atoms with Gasteiger partial charge < -0.3 is 5.32 Å². The summed E-state index contributed by atoms with van der Waals surface area (Å²) in [5, 5.41) is 5.48. The van der Waals surface area contributed by atoms with Gasteiger partial charge in [-0.3, -0.25) is 0 Å². The van der Waals surface area contributed by atoms with E-state index in [0.717, 1.165) is 18.5 Å². The third-order valence-electron chi connectivity index (χ3n) is 2.95. The zero-order valence-corrected chi connectivity index (χ0v) is 11.6. The highest BCUT2D eigenvalue weighted by Crippen LogP contribution is 2.23. The summed E-state index contributed by atoms with van der Waals surface area (Å²) in [6, 6.07) is 8.35. The van der Waals surface area contributed by atoms with Gasteiger partial charge in [-0.15, -0.1) is 11.3 Å². The minimum atomic E-state index is -0.794. The largest absolute Gasteiger partial charge is 0.309 e. The normalized spacial score (nSPS) is 12.6. The SMILES string of the molecule is CCCNC(Cc1ccc(F)c(F)c1)c1cccs1. The molecule has 1 aromatic carbocycles. The Kier molecular flexibility index (Phi) is 5.05. The van der Waals surface area contributed by atoms with Crippen LogP contribution in [-0.4, -0.2) is 6.54 Å². The second kappa shape index (κ2) is 6.78. The fourth-order valence-electron chi connectivity index (χ4n) is 1.98. The topological polar surface area (TPSA) is 12.0 Å². The maximum atomic E-state index is 13.2. The van der Waals surface area contributed by atoms with Gasteiger partial charge in [0, 0.05) is 10.9 Å². The zero-order valence-electron chi connectivity index (χ0n) is 10.8. The molecule has 0 saturated carbocycles. The monoisotopic (exact) mass is 281 g/mol. The molecule has 0 aliphatic rings. The molecule has 1 unspecified atom stereocenters. The number of nitrogens with one attached hydrogen (secondary N) is 1. The molecule has 0 amide bonds.